The Morgan fingerprint density at radius 2 is 1.81 bits per heavy atom. The topological polar surface area (TPSA) is 41.1 Å². The van der Waals surface area contributed by atoms with Crippen LogP contribution in [0.2, 0.25) is 0 Å². The summed E-state index contributed by atoms with van der Waals surface area (Å²) in [6.45, 7) is 8.23. The number of thioether (sulfide) groups is 1. The van der Waals surface area contributed by atoms with Gasteiger partial charge >= 0.3 is 0 Å². The number of hydrogen-bond donors (Lipinski definition) is 2. The van der Waals surface area contributed by atoms with Gasteiger partial charge in [-0.15, -0.1) is 0 Å². The predicted octanol–water partition coefficient (Wildman–Crippen LogP) is 2.02. The van der Waals surface area contributed by atoms with Crippen molar-refractivity contribution >= 4 is 17.7 Å². The smallest absolute Gasteiger partial charge is 0.237 e. The minimum atomic E-state index is -0.109. The fraction of sp³-hybridized carbons (Fsp3) is 0.917. The van der Waals surface area contributed by atoms with Crippen LogP contribution in [0.15, 0.2) is 0 Å². The Hall–Kier alpha value is -0.220. The molecule has 3 nitrogen and oxygen atoms in total. The van der Waals surface area contributed by atoms with Crippen LogP contribution >= 0.6 is 11.8 Å². The van der Waals surface area contributed by atoms with Crippen LogP contribution in [0.4, 0.5) is 0 Å². The summed E-state index contributed by atoms with van der Waals surface area (Å²) in [5.41, 5.74) is 0. The average Bonchev–Trinajstić information content (AvgIpc) is 2.25. The molecule has 0 rings (SSSR count). The van der Waals surface area contributed by atoms with Crippen LogP contribution in [0.1, 0.15) is 40.5 Å². The molecule has 2 N–H and O–H groups in total. The number of nitrogens with one attached hydrogen (secondary N) is 2. The maximum atomic E-state index is 11.8. The Morgan fingerprint density at radius 1 is 1.25 bits per heavy atom. The molecule has 0 heterocycles. The van der Waals surface area contributed by atoms with Crippen molar-refractivity contribution in [3.05, 3.63) is 0 Å². The van der Waals surface area contributed by atoms with E-state index in [1.165, 1.54) is 0 Å². The lowest BCUT2D eigenvalue weighted by Gasteiger charge is -2.22. The van der Waals surface area contributed by atoms with Crippen LogP contribution in [-0.4, -0.2) is 36.0 Å². The van der Waals surface area contributed by atoms with E-state index in [-0.39, 0.29) is 11.9 Å². The molecule has 96 valence electrons. The molecule has 0 saturated carbocycles. The highest BCUT2D eigenvalue weighted by atomic mass is 32.2. The quantitative estimate of drug-likeness (QED) is 0.688. The van der Waals surface area contributed by atoms with Gasteiger partial charge in [0.05, 0.1) is 6.04 Å². The molecule has 0 spiro atoms. The predicted molar refractivity (Wildman–Crippen MR) is 73.0 cm³/mol. The average molecular weight is 246 g/mol. The number of rotatable bonds is 8. The first-order valence-corrected chi connectivity index (χ1v) is 7.49. The van der Waals surface area contributed by atoms with E-state index in [1.807, 2.05) is 6.92 Å². The summed E-state index contributed by atoms with van der Waals surface area (Å²) in [6, 6.07) is 0.577. The van der Waals surface area contributed by atoms with Gasteiger partial charge in [0.2, 0.25) is 5.91 Å². The molecule has 2 atom stereocenters. The molecule has 0 bridgehead atoms. The molecule has 0 fully saturated rings. The highest BCUT2D eigenvalue weighted by Gasteiger charge is 2.17. The summed E-state index contributed by atoms with van der Waals surface area (Å²) in [6.07, 6.45) is 4.07. The molecule has 0 radical (unpaired) electrons. The van der Waals surface area contributed by atoms with Crippen molar-refractivity contribution < 1.29 is 4.79 Å². The second kappa shape index (κ2) is 8.88. The molecule has 0 aliphatic heterocycles. The minimum Gasteiger partial charge on any atom is -0.352 e. The van der Waals surface area contributed by atoms with E-state index in [2.05, 4.69) is 37.7 Å². The van der Waals surface area contributed by atoms with E-state index in [1.54, 1.807) is 11.8 Å². The van der Waals surface area contributed by atoms with E-state index >= 15 is 0 Å². The molecule has 0 saturated heterocycles. The summed E-state index contributed by atoms with van der Waals surface area (Å²) in [5.74, 6) is 1.14. The van der Waals surface area contributed by atoms with Crippen LogP contribution in [0.3, 0.4) is 0 Å². The molecular weight excluding hydrogens is 220 g/mol. The molecule has 16 heavy (non-hydrogen) atoms. The van der Waals surface area contributed by atoms with Gasteiger partial charge in [-0.05, 0) is 32.9 Å². The van der Waals surface area contributed by atoms with Crippen molar-refractivity contribution in [1.29, 1.82) is 0 Å². The second-order valence-electron chi connectivity index (χ2n) is 4.27. The van der Waals surface area contributed by atoms with Gasteiger partial charge in [-0.25, -0.2) is 0 Å². The zero-order chi connectivity index (χ0) is 12.6. The molecule has 0 aromatic carbocycles. The zero-order valence-electron chi connectivity index (χ0n) is 11.2. The van der Waals surface area contributed by atoms with Crippen LogP contribution in [0.25, 0.3) is 0 Å². The lowest BCUT2D eigenvalue weighted by Crippen LogP contribution is -2.49. The van der Waals surface area contributed by atoms with Gasteiger partial charge in [0.1, 0.15) is 0 Å². The first kappa shape index (κ1) is 15.8. The summed E-state index contributed by atoms with van der Waals surface area (Å²) in [7, 11) is 0. The Bertz CT molecular complexity index is 195. The molecule has 0 aliphatic rings. The fourth-order valence-corrected chi connectivity index (χ4v) is 2.22. The van der Waals surface area contributed by atoms with Crippen molar-refractivity contribution in [2.24, 2.45) is 0 Å². The lowest BCUT2D eigenvalue weighted by atomic mass is 10.1. The van der Waals surface area contributed by atoms with Gasteiger partial charge in [0.25, 0.3) is 0 Å². The van der Waals surface area contributed by atoms with Crippen LogP contribution in [0, 0.1) is 0 Å². The summed E-state index contributed by atoms with van der Waals surface area (Å²) in [4.78, 5) is 11.8. The zero-order valence-corrected chi connectivity index (χ0v) is 12.0. The Kier molecular flexibility index (Phi) is 8.76. The van der Waals surface area contributed by atoms with Crippen molar-refractivity contribution in [1.82, 2.24) is 10.6 Å². The minimum absolute atomic E-state index is 0.109. The van der Waals surface area contributed by atoms with Gasteiger partial charge in [0, 0.05) is 17.8 Å². The summed E-state index contributed by atoms with van der Waals surface area (Å²) < 4.78 is 0. The van der Waals surface area contributed by atoms with Gasteiger partial charge in [-0.2, -0.15) is 11.8 Å². The monoisotopic (exact) mass is 246 g/mol. The van der Waals surface area contributed by atoms with Crippen LogP contribution in [-0.2, 0) is 4.79 Å². The van der Waals surface area contributed by atoms with Crippen molar-refractivity contribution in [3.8, 4) is 0 Å². The standard InChI is InChI=1S/C12H26N2OS/c1-6-11(7-2)14-12(15)10(4)13-9(3)8-16-5/h9-11,13H,6-8H2,1-5H3,(H,14,15). The largest absolute Gasteiger partial charge is 0.352 e. The van der Waals surface area contributed by atoms with Crippen molar-refractivity contribution in [2.75, 3.05) is 12.0 Å². The van der Waals surface area contributed by atoms with E-state index in [4.69, 9.17) is 0 Å². The fourth-order valence-electron chi connectivity index (χ4n) is 1.62. The number of amides is 1. The lowest BCUT2D eigenvalue weighted by molar-refractivity contribution is -0.123. The normalized spacial score (nSPS) is 14.9. The molecule has 0 aromatic rings. The van der Waals surface area contributed by atoms with Gasteiger partial charge in [0.15, 0.2) is 0 Å². The molecular formula is C12H26N2OS. The Morgan fingerprint density at radius 3 is 2.25 bits per heavy atom. The SMILES string of the molecule is CCC(CC)NC(=O)C(C)NC(C)CSC. The van der Waals surface area contributed by atoms with Gasteiger partial charge in [-0.3, -0.25) is 4.79 Å². The summed E-state index contributed by atoms with van der Waals surface area (Å²) in [5, 5.41) is 6.36. The van der Waals surface area contributed by atoms with Crippen molar-refractivity contribution in [2.45, 2.75) is 58.7 Å². The molecule has 2 unspecified atom stereocenters. The third kappa shape index (κ3) is 6.38. The van der Waals surface area contributed by atoms with Gasteiger partial charge < -0.3 is 10.6 Å². The first-order chi connectivity index (χ1) is 7.54. The molecule has 0 aliphatic carbocycles. The van der Waals surface area contributed by atoms with E-state index < -0.39 is 0 Å². The maximum absolute atomic E-state index is 11.8. The first-order valence-electron chi connectivity index (χ1n) is 6.10. The van der Waals surface area contributed by atoms with Gasteiger partial charge in [-0.1, -0.05) is 13.8 Å². The van der Waals surface area contributed by atoms with Crippen molar-refractivity contribution in [3.63, 3.8) is 0 Å². The number of carbonyl (C=O) groups excluding carboxylic acids is 1. The second-order valence-corrected chi connectivity index (χ2v) is 5.18. The molecule has 4 heteroatoms. The van der Waals surface area contributed by atoms with E-state index in [9.17, 15) is 4.79 Å². The van der Waals surface area contributed by atoms with Crippen LogP contribution < -0.4 is 10.6 Å². The molecule has 0 aromatic heterocycles. The number of carbonyl (C=O) groups is 1. The molecule has 1 amide bonds. The van der Waals surface area contributed by atoms with Crippen LogP contribution in [0.5, 0.6) is 0 Å². The third-order valence-electron chi connectivity index (χ3n) is 2.68. The van der Waals surface area contributed by atoms with E-state index in [0.29, 0.717) is 12.1 Å². The highest BCUT2D eigenvalue weighted by Crippen LogP contribution is 2.00. The third-order valence-corrected chi connectivity index (χ3v) is 3.51. The highest BCUT2D eigenvalue weighted by molar-refractivity contribution is 7.98. The Balaban J connectivity index is 3.97. The maximum Gasteiger partial charge on any atom is 0.237 e. The number of hydrogen-bond acceptors (Lipinski definition) is 3. The Labute approximate surface area is 104 Å². The summed E-state index contributed by atoms with van der Waals surface area (Å²) >= 11 is 1.79. The van der Waals surface area contributed by atoms with E-state index in [0.717, 1.165) is 18.6 Å².